The van der Waals surface area contributed by atoms with Crippen LogP contribution in [0.25, 0.3) is 0 Å². The van der Waals surface area contributed by atoms with Gasteiger partial charge in [-0.15, -0.1) is 0 Å². The molecule has 0 aliphatic rings. The highest BCUT2D eigenvalue weighted by Crippen LogP contribution is 2.35. The van der Waals surface area contributed by atoms with Crippen molar-refractivity contribution in [2.45, 2.75) is 12.6 Å². The van der Waals surface area contributed by atoms with Gasteiger partial charge in [0.1, 0.15) is 5.75 Å². The molecule has 1 aromatic heterocycles. The summed E-state index contributed by atoms with van der Waals surface area (Å²) in [4.78, 5) is 23.5. The molecule has 1 amide bonds. The molecule has 0 unspecified atom stereocenters. The molecular formula is C17H17F3N2O4. The summed E-state index contributed by atoms with van der Waals surface area (Å²) in [6.45, 7) is 0.0532. The smallest absolute Gasteiger partial charge is 0.419 e. The molecule has 1 aromatic carbocycles. The molecule has 0 saturated carbocycles. The number of carbonyl (C=O) groups is 1. The molecule has 2 rings (SSSR count). The summed E-state index contributed by atoms with van der Waals surface area (Å²) in [7, 11) is 1.43. The molecule has 26 heavy (non-hydrogen) atoms. The summed E-state index contributed by atoms with van der Waals surface area (Å²) >= 11 is 0. The van der Waals surface area contributed by atoms with Crippen LogP contribution in [0.3, 0.4) is 0 Å². The van der Waals surface area contributed by atoms with E-state index in [0.717, 1.165) is 10.6 Å². The Morgan fingerprint density at radius 2 is 1.96 bits per heavy atom. The van der Waals surface area contributed by atoms with Crippen molar-refractivity contribution in [2.24, 2.45) is 7.05 Å². The zero-order valence-corrected chi connectivity index (χ0v) is 13.8. The first-order chi connectivity index (χ1) is 12.2. The molecule has 140 valence electrons. The molecule has 1 heterocycles. The fraction of sp³-hybridized carbons (Fsp3) is 0.294. The first-order valence-electron chi connectivity index (χ1n) is 7.67. The van der Waals surface area contributed by atoms with E-state index >= 15 is 0 Å². The molecular weight excluding hydrogens is 353 g/mol. The van der Waals surface area contributed by atoms with Crippen LogP contribution >= 0.6 is 0 Å². The third-order valence-corrected chi connectivity index (χ3v) is 3.54. The monoisotopic (exact) mass is 370 g/mol. The predicted octanol–water partition coefficient (Wildman–Crippen LogP) is 2.31. The Kier molecular flexibility index (Phi) is 5.91. The minimum absolute atomic E-state index is 0.0457. The van der Waals surface area contributed by atoms with E-state index < -0.39 is 29.0 Å². The van der Waals surface area contributed by atoms with Gasteiger partial charge in [-0.05, 0) is 24.6 Å². The lowest BCUT2D eigenvalue weighted by atomic mass is 10.2. The second kappa shape index (κ2) is 7.94. The Bertz CT molecular complexity index is 847. The summed E-state index contributed by atoms with van der Waals surface area (Å²) in [5.74, 6) is -1.60. The minimum Gasteiger partial charge on any atom is -0.502 e. The topological polar surface area (TPSA) is 80.6 Å². The van der Waals surface area contributed by atoms with Crippen molar-refractivity contribution in [3.63, 3.8) is 0 Å². The number of halogens is 3. The largest absolute Gasteiger partial charge is 0.502 e. The molecule has 0 bridgehead atoms. The number of carbonyl (C=O) groups excluding carboxylic acids is 1. The summed E-state index contributed by atoms with van der Waals surface area (Å²) < 4.78 is 44.7. The molecule has 0 saturated heterocycles. The zero-order valence-electron chi connectivity index (χ0n) is 13.8. The highest BCUT2D eigenvalue weighted by Gasteiger charge is 2.33. The van der Waals surface area contributed by atoms with Gasteiger partial charge in [-0.1, -0.05) is 12.1 Å². The number of aromatic nitrogens is 1. The standard InChI is InChI=1S/C17H17F3N2O4/c1-22-9-7-11(14(23)16(22)25)15(24)21-8-4-10-26-13-6-3-2-5-12(13)17(18,19)20/h2-3,5-7,9,23H,4,8,10H2,1H3,(H,21,24). The van der Waals surface area contributed by atoms with Crippen LogP contribution in [-0.4, -0.2) is 28.7 Å². The number of pyridine rings is 1. The van der Waals surface area contributed by atoms with Crippen molar-refractivity contribution in [1.82, 2.24) is 9.88 Å². The van der Waals surface area contributed by atoms with Gasteiger partial charge in [-0.2, -0.15) is 13.2 Å². The lowest BCUT2D eigenvalue weighted by Crippen LogP contribution is -2.28. The Hall–Kier alpha value is -2.97. The van der Waals surface area contributed by atoms with Crippen molar-refractivity contribution >= 4 is 5.91 Å². The van der Waals surface area contributed by atoms with Gasteiger partial charge in [0.2, 0.25) is 0 Å². The van der Waals surface area contributed by atoms with Crippen molar-refractivity contribution in [3.8, 4) is 11.5 Å². The fourth-order valence-corrected chi connectivity index (χ4v) is 2.18. The predicted molar refractivity (Wildman–Crippen MR) is 87.2 cm³/mol. The number of aromatic hydroxyl groups is 1. The van der Waals surface area contributed by atoms with Crippen LogP contribution < -0.4 is 15.6 Å². The van der Waals surface area contributed by atoms with E-state index in [9.17, 15) is 27.9 Å². The van der Waals surface area contributed by atoms with Gasteiger partial charge in [0, 0.05) is 19.8 Å². The minimum atomic E-state index is -4.51. The molecule has 2 aromatic rings. The normalized spacial score (nSPS) is 11.2. The van der Waals surface area contributed by atoms with Gasteiger partial charge < -0.3 is 19.7 Å². The van der Waals surface area contributed by atoms with Crippen molar-refractivity contribution in [2.75, 3.05) is 13.2 Å². The number of para-hydroxylation sites is 1. The van der Waals surface area contributed by atoms with E-state index in [2.05, 4.69) is 5.32 Å². The Morgan fingerprint density at radius 1 is 1.27 bits per heavy atom. The van der Waals surface area contributed by atoms with E-state index in [-0.39, 0.29) is 30.9 Å². The Labute approximate surface area is 146 Å². The summed E-state index contributed by atoms with van der Waals surface area (Å²) in [6, 6.07) is 6.15. The molecule has 9 heteroatoms. The molecule has 2 N–H and O–H groups in total. The number of ether oxygens (including phenoxy) is 1. The summed E-state index contributed by atoms with van der Waals surface area (Å²) in [5.41, 5.74) is -1.74. The Balaban J connectivity index is 1.86. The number of amides is 1. The number of aryl methyl sites for hydroxylation is 1. The zero-order chi connectivity index (χ0) is 19.3. The van der Waals surface area contributed by atoms with Gasteiger partial charge in [-0.25, -0.2) is 0 Å². The van der Waals surface area contributed by atoms with Crippen LogP contribution in [0.4, 0.5) is 13.2 Å². The summed E-state index contributed by atoms with van der Waals surface area (Å²) in [6.07, 6.45) is -2.93. The molecule has 0 radical (unpaired) electrons. The maximum atomic E-state index is 12.8. The van der Waals surface area contributed by atoms with Crippen molar-refractivity contribution in [3.05, 3.63) is 58.0 Å². The molecule has 0 atom stereocenters. The highest BCUT2D eigenvalue weighted by molar-refractivity contribution is 5.96. The highest BCUT2D eigenvalue weighted by atomic mass is 19.4. The summed E-state index contributed by atoms with van der Waals surface area (Å²) in [5, 5.41) is 12.1. The number of nitrogens with one attached hydrogen (secondary N) is 1. The SMILES string of the molecule is Cn1ccc(C(=O)NCCCOc2ccccc2C(F)(F)F)c(O)c1=O. The van der Waals surface area contributed by atoms with E-state index in [1.54, 1.807) is 0 Å². The third-order valence-electron chi connectivity index (χ3n) is 3.54. The van der Waals surface area contributed by atoms with Crippen LogP contribution in [0.15, 0.2) is 41.3 Å². The fourth-order valence-electron chi connectivity index (χ4n) is 2.18. The number of hydrogen-bond acceptors (Lipinski definition) is 4. The van der Waals surface area contributed by atoms with E-state index in [4.69, 9.17) is 4.74 Å². The number of hydrogen-bond donors (Lipinski definition) is 2. The van der Waals surface area contributed by atoms with Crippen LogP contribution in [0.2, 0.25) is 0 Å². The molecule has 0 fully saturated rings. The number of rotatable bonds is 6. The molecule has 0 spiro atoms. The number of benzene rings is 1. The second-order valence-electron chi connectivity index (χ2n) is 5.45. The van der Waals surface area contributed by atoms with E-state index in [0.29, 0.717) is 0 Å². The van der Waals surface area contributed by atoms with Gasteiger partial charge in [0.05, 0.1) is 17.7 Å². The first-order valence-corrected chi connectivity index (χ1v) is 7.67. The molecule has 0 aliphatic carbocycles. The van der Waals surface area contributed by atoms with Crippen molar-refractivity contribution in [1.29, 1.82) is 0 Å². The number of alkyl halides is 3. The Morgan fingerprint density at radius 3 is 2.65 bits per heavy atom. The average molecular weight is 370 g/mol. The molecule has 6 nitrogen and oxygen atoms in total. The maximum absolute atomic E-state index is 12.8. The third kappa shape index (κ3) is 4.56. The lowest BCUT2D eigenvalue weighted by Gasteiger charge is -2.13. The van der Waals surface area contributed by atoms with Crippen LogP contribution in [0, 0.1) is 0 Å². The van der Waals surface area contributed by atoms with Crippen molar-refractivity contribution < 1.29 is 27.8 Å². The van der Waals surface area contributed by atoms with Gasteiger partial charge in [0.15, 0.2) is 5.75 Å². The van der Waals surface area contributed by atoms with Gasteiger partial charge in [-0.3, -0.25) is 9.59 Å². The second-order valence-corrected chi connectivity index (χ2v) is 5.45. The first kappa shape index (κ1) is 19.4. The van der Waals surface area contributed by atoms with E-state index in [1.165, 1.54) is 37.5 Å². The average Bonchev–Trinajstić information content (AvgIpc) is 2.59. The van der Waals surface area contributed by atoms with E-state index in [1.807, 2.05) is 0 Å². The van der Waals surface area contributed by atoms with Crippen LogP contribution in [0.5, 0.6) is 11.5 Å². The maximum Gasteiger partial charge on any atom is 0.419 e. The van der Waals surface area contributed by atoms with Gasteiger partial charge >= 0.3 is 6.18 Å². The van der Waals surface area contributed by atoms with Gasteiger partial charge in [0.25, 0.3) is 11.5 Å². The van der Waals surface area contributed by atoms with Crippen LogP contribution in [-0.2, 0) is 13.2 Å². The quantitative estimate of drug-likeness (QED) is 0.765. The lowest BCUT2D eigenvalue weighted by molar-refractivity contribution is -0.138. The number of nitrogens with zero attached hydrogens (tertiary/aromatic N) is 1. The van der Waals surface area contributed by atoms with Crippen LogP contribution in [0.1, 0.15) is 22.3 Å². The molecule has 0 aliphatic heterocycles.